The molecule has 3 heteroatoms. The maximum Gasteiger partial charge on any atom is 0.232 e. The minimum atomic E-state index is 0.381. The Kier molecular flexibility index (Phi) is 3.06. The predicted molar refractivity (Wildman–Crippen MR) is 65.7 cm³/mol. The molecule has 0 spiro atoms. The van der Waals surface area contributed by atoms with Crippen molar-refractivity contribution in [3.8, 4) is 23.1 Å². The highest BCUT2D eigenvalue weighted by molar-refractivity contribution is 5.72. The zero-order chi connectivity index (χ0) is 12.3. The first-order valence-electron chi connectivity index (χ1n) is 5.27. The zero-order valence-electron chi connectivity index (χ0n) is 9.77. The lowest BCUT2D eigenvalue weighted by molar-refractivity contribution is 0.396. The number of nitriles is 1. The molecule has 0 aliphatic carbocycles. The highest BCUT2D eigenvalue weighted by atomic mass is 16.5. The minimum absolute atomic E-state index is 0.381. The molecule has 0 aliphatic rings. The summed E-state index contributed by atoms with van der Waals surface area (Å²) in [7, 11) is 1.53. The van der Waals surface area contributed by atoms with Crippen LogP contribution in [0, 0.1) is 18.3 Å². The fourth-order valence-electron chi connectivity index (χ4n) is 1.75. The first-order valence-corrected chi connectivity index (χ1v) is 5.27. The molecule has 2 aromatic rings. The second-order valence-corrected chi connectivity index (χ2v) is 3.67. The third-order valence-corrected chi connectivity index (χ3v) is 2.50. The molecule has 84 valence electrons. The summed E-state index contributed by atoms with van der Waals surface area (Å²) in [6.45, 7) is 1.89. The molecule has 2 rings (SSSR count). The zero-order valence-corrected chi connectivity index (χ0v) is 9.77. The Balaban J connectivity index is 2.70. The van der Waals surface area contributed by atoms with Gasteiger partial charge in [-0.1, -0.05) is 30.3 Å². The van der Waals surface area contributed by atoms with Crippen LogP contribution in [-0.2, 0) is 0 Å². The SMILES string of the molecule is COc1nc(C)cc(-c2ccccc2)c1C#N. The van der Waals surface area contributed by atoms with Gasteiger partial charge >= 0.3 is 0 Å². The first kappa shape index (κ1) is 11.2. The number of ether oxygens (including phenoxy) is 1. The van der Waals surface area contributed by atoms with Crippen LogP contribution in [0.2, 0.25) is 0 Å². The molecule has 1 heterocycles. The quantitative estimate of drug-likeness (QED) is 0.787. The second kappa shape index (κ2) is 4.67. The number of aromatic nitrogens is 1. The molecular weight excluding hydrogens is 212 g/mol. The fraction of sp³-hybridized carbons (Fsp3) is 0.143. The summed E-state index contributed by atoms with van der Waals surface area (Å²) in [6.07, 6.45) is 0. The molecule has 0 N–H and O–H groups in total. The topological polar surface area (TPSA) is 45.9 Å². The highest BCUT2D eigenvalue weighted by Crippen LogP contribution is 2.29. The van der Waals surface area contributed by atoms with E-state index in [4.69, 9.17) is 4.74 Å². The maximum absolute atomic E-state index is 9.21. The van der Waals surface area contributed by atoms with Crippen LogP contribution in [0.15, 0.2) is 36.4 Å². The van der Waals surface area contributed by atoms with E-state index in [0.29, 0.717) is 11.4 Å². The molecular formula is C14H12N2O. The van der Waals surface area contributed by atoms with Gasteiger partial charge in [-0.2, -0.15) is 5.26 Å². The van der Waals surface area contributed by atoms with E-state index in [1.165, 1.54) is 7.11 Å². The van der Waals surface area contributed by atoms with Crippen molar-refractivity contribution in [1.29, 1.82) is 5.26 Å². The van der Waals surface area contributed by atoms with Crippen molar-refractivity contribution < 1.29 is 4.74 Å². The molecule has 0 saturated carbocycles. The standard InChI is InChI=1S/C14H12N2O/c1-10-8-12(11-6-4-3-5-7-11)13(9-15)14(16-10)17-2/h3-8H,1-2H3. The molecule has 0 unspecified atom stereocenters. The lowest BCUT2D eigenvalue weighted by atomic mass is 10.0. The lowest BCUT2D eigenvalue weighted by Crippen LogP contribution is -1.97. The minimum Gasteiger partial charge on any atom is -0.480 e. The number of rotatable bonds is 2. The van der Waals surface area contributed by atoms with Gasteiger partial charge in [-0.3, -0.25) is 0 Å². The fourth-order valence-corrected chi connectivity index (χ4v) is 1.75. The van der Waals surface area contributed by atoms with Crippen molar-refractivity contribution in [2.24, 2.45) is 0 Å². The lowest BCUT2D eigenvalue weighted by Gasteiger charge is -2.09. The Morgan fingerprint density at radius 1 is 1.24 bits per heavy atom. The van der Waals surface area contributed by atoms with Gasteiger partial charge in [0, 0.05) is 11.3 Å². The molecule has 1 aromatic carbocycles. The van der Waals surface area contributed by atoms with Crippen LogP contribution in [0.5, 0.6) is 5.88 Å². The highest BCUT2D eigenvalue weighted by Gasteiger charge is 2.12. The van der Waals surface area contributed by atoms with E-state index in [-0.39, 0.29) is 0 Å². The van der Waals surface area contributed by atoms with Crippen molar-refractivity contribution in [2.75, 3.05) is 7.11 Å². The van der Waals surface area contributed by atoms with Crippen molar-refractivity contribution in [1.82, 2.24) is 4.98 Å². The van der Waals surface area contributed by atoms with Gasteiger partial charge in [0.15, 0.2) is 0 Å². The van der Waals surface area contributed by atoms with E-state index >= 15 is 0 Å². The molecule has 1 aromatic heterocycles. The van der Waals surface area contributed by atoms with Gasteiger partial charge in [0.25, 0.3) is 0 Å². The van der Waals surface area contributed by atoms with Crippen LogP contribution in [0.25, 0.3) is 11.1 Å². The van der Waals surface area contributed by atoms with E-state index in [0.717, 1.165) is 16.8 Å². The maximum atomic E-state index is 9.21. The van der Waals surface area contributed by atoms with Crippen molar-refractivity contribution in [2.45, 2.75) is 6.92 Å². The van der Waals surface area contributed by atoms with E-state index in [1.54, 1.807) is 0 Å². The Morgan fingerprint density at radius 2 is 1.94 bits per heavy atom. The van der Waals surface area contributed by atoms with Gasteiger partial charge in [-0.25, -0.2) is 4.98 Å². The van der Waals surface area contributed by atoms with E-state index in [9.17, 15) is 5.26 Å². The van der Waals surface area contributed by atoms with Crippen LogP contribution in [0.3, 0.4) is 0 Å². The number of methoxy groups -OCH3 is 1. The molecule has 0 aliphatic heterocycles. The van der Waals surface area contributed by atoms with Crippen molar-refractivity contribution >= 4 is 0 Å². The Labute approximate surface area is 100 Å². The number of aryl methyl sites for hydroxylation is 1. The van der Waals surface area contributed by atoms with Gasteiger partial charge in [-0.15, -0.1) is 0 Å². The van der Waals surface area contributed by atoms with E-state index in [1.807, 2.05) is 43.3 Å². The number of pyridine rings is 1. The van der Waals surface area contributed by atoms with Crippen molar-refractivity contribution in [3.05, 3.63) is 47.7 Å². The van der Waals surface area contributed by atoms with Gasteiger partial charge in [0.1, 0.15) is 11.6 Å². The summed E-state index contributed by atoms with van der Waals surface area (Å²) < 4.78 is 5.15. The van der Waals surface area contributed by atoms with Crippen molar-refractivity contribution in [3.63, 3.8) is 0 Å². The molecule has 0 amide bonds. The summed E-state index contributed by atoms with van der Waals surface area (Å²) in [5, 5.41) is 9.21. The summed E-state index contributed by atoms with van der Waals surface area (Å²) in [4.78, 5) is 4.20. The Bertz CT molecular complexity index is 571. The van der Waals surface area contributed by atoms with Crippen LogP contribution < -0.4 is 4.74 Å². The first-order chi connectivity index (χ1) is 8.26. The van der Waals surface area contributed by atoms with E-state index in [2.05, 4.69) is 11.1 Å². The van der Waals surface area contributed by atoms with Gasteiger partial charge in [0.05, 0.1) is 7.11 Å². The molecule has 0 radical (unpaired) electrons. The average Bonchev–Trinajstić information content (AvgIpc) is 2.38. The predicted octanol–water partition coefficient (Wildman–Crippen LogP) is 2.94. The van der Waals surface area contributed by atoms with Crippen LogP contribution in [-0.4, -0.2) is 12.1 Å². The van der Waals surface area contributed by atoms with Crippen LogP contribution in [0.4, 0.5) is 0 Å². The summed E-state index contributed by atoms with van der Waals surface area (Å²) >= 11 is 0. The number of nitrogens with zero attached hydrogens (tertiary/aromatic N) is 2. The molecule has 0 atom stereocenters. The molecule has 17 heavy (non-hydrogen) atoms. The smallest absolute Gasteiger partial charge is 0.232 e. The number of hydrogen-bond donors (Lipinski definition) is 0. The molecule has 0 saturated heterocycles. The monoisotopic (exact) mass is 224 g/mol. The molecule has 0 fully saturated rings. The Hall–Kier alpha value is -2.34. The number of benzene rings is 1. The van der Waals surface area contributed by atoms with Crippen LogP contribution in [0.1, 0.15) is 11.3 Å². The Morgan fingerprint density at radius 3 is 2.53 bits per heavy atom. The van der Waals surface area contributed by atoms with Gasteiger partial charge in [-0.05, 0) is 18.6 Å². The largest absolute Gasteiger partial charge is 0.480 e. The van der Waals surface area contributed by atoms with Gasteiger partial charge < -0.3 is 4.74 Å². The normalized spacial score (nSPS) is 9.71. The third kappa shape index (κ3) is 2.11. The molecule has 0 bridgehead atoms. The summed E-state index contributed by atoms with van der Waals surface area (Å²) in [5.74, 6) is 0.381. The summed E-state index contributed by atoms with van der Waals surface area (Å²) in [5.41, 5.74) is 3.16. The molecule has 3 nitrogen and oxygen atoms in total. The van der Waals surface area contributed by atoms with Gasteiger partial charge in [0.2, 0.25) is 5.88 Å². The average molecular weight is 224 g/mol. The third-order valence-electron chi connectivity index (χ3n) is 2.50. The second-order valence-electron chi connectivity index (χ2n) is 3.67. The van der Waals surface area contributed by atoms with Crippen LogP contribution >= 0.6 is 0 Å². The van der Waals surface area contributed by atoms with E-state index < -0.39 is 0 Å². The number of hydrogen-bond acceptors (Lipinski definition) is 3. The summed E-state index contributed by atoms with van der Waals surface area (Å²) in [6, 6.07) is 13.8.